The van der Waals surface area contributed by atoms with Gasteiger partial charge in [-0.1, -0.05) is 20.3 Å². The molecule has 108 valence electrons. The third kappa shape index (κ3) is 2.42. The quantitative estimate of drug-likeness (QED) is 0.830. The summed E-state index contributed by atoms with van der Waals surface area (Å²) >= 11 is 0. The number of carbonyl (C=O) groups excluding carboxylic acids is 1. The van der Waals surface area contributed by atoms with Crippen molar-refractivity contribution in [1.29, 1.82) is 0 Å². The van der Waals surface area contributed by atoms with Crippen molar-refractivity contribution >= 4 is 5.91 Å². The molecule has 1 heterocycles. The minimum Gasteiger partial charge on any atom is -0.338 e. The Bertz CT molecular complexity index is 366. The van der Waals surface area contributed by atoms with Crippen molar-refractivity contribution in [2.24, 2.45) is 17.3 Å². The van der Waals surface area contributed by atoms with Gasteiger partial charge in [-0.05, 0) is 56.4 Å². The Morgan fingerprint density at radius 1 is 1.26 bits per heavy atom. The van der Waals surface area contributed by atoms with Gasteiger partial charge in [0.15, 0.2) is 0 Å². The second-order valence-electron chi connectivity index (χ2n) is 7.73. The fourth-order valence-corrected chi connectivity index (χ4v) is 4.62. The minimum absolute atomic E-state index is 0.0247. The number of amides is 1. The third-order valence-electron chi connectivity index (χ3n) is 5.82. The van der Waals surface area contributed by atoms with E-state index in [1.54, 1.807) is 0 Å². The normalized spacial score (nSPS) is 41.6. The van der Waals surface area contributed by atoms with Crippen molar-refractivity contribution in [2.75, 3.05) is 13.6 Å². The molecule has 1 saturated heterocycles. The molecule has 1 N–H and O–H groups in total. The summed E-state index contributed by atoms with van der Waals surface area (Å²) in [6, 6.07) is 0.577. The van der Waals surface area contributed by atoms with Crippen molar-refractivity contribution in [3.63, 3.8) is 0 Å². The zero-order valence-electron chi connectivity index (χ0n) is 12.6. The molecule has 3 rings (SSSR count). The highest BCUT2D eigenvalue weighted by Crippen LogP contribution is 2.47. The van der Waals surface area contributed by atoms with Crippen LogP contribution < -0.4 is 5.32 Å². The zero-order valence-corrected chi connectivity index (χ0v) is 12.6. The van der Waals surface area contributed by atoms with Crippen LogP contribution in [0.4, 0.5) is 0 Å². The van der Waals surface area contributed by atoms with E-state index < -0.39 is 0 Å². The fourth-order valence-electron chi connectivity index (χ4n) is 4.62. The molecule has 0 radical (unpaired) electrons. The Morgan fingerprint density at radius 2 is 2.05 bits per heavy atom. The van der Waals surface area contributed by atoms with Crippen LogP contribution in [0.2, 0.25) is 0 Å². The number of nitrogens with one attached hydrogen (secondary N) is 1. The highest BCUT2D eigenvalue weighted by molar-refractivity contribution is 5.82. The zero-order chi connectivity index (χ0) is 13.6. The number of carbonyl (C=O) groups is 1. The maximum absolute atomic E-state index is 12.8. The third-order valence-corrected chi connectivity index (χ3v) is 5.82. The average Bonchev–Trinajstić information content (AvgIpc) is 2.95. The summed E-state index contributed by atoms with van der Waals surface area (Å²) in [5, 5.41) is 3.26. The van der Waals surface area contributed by atoms with E-state index in [9.17, 15) is 4.79 Å². The lowest BCUT2D eigenvalue weighted by atomic mass is 9.83. The predicted octanol–water partition coefficient (Wildman–Crippen LogP) is 2.41. The largest absolute Gasteiger partial charge is 0.338 e. The lowest BCUT2D eigenvalue weighted by Gasteiger charge is -2.35. The van der Waals surface area contributed by atoms with Crippen LogP contribution in [0, 0.1) is 17.3 Å². The molecule has 0 aromatic carbocycles. The molecule has 1 amide bonds. The van der Waals surface area contributed by atoms with E-state index in [0.717, 1.165) is 31.2 Å². The Labute approximate surface area is 117 Å². The summed E-state index contributed by atoms with van der Waals surface area (Å²) in [5.41, 5.74) is 0.274. The monoisotopic (exact) mass is 264 g/mol. The molecule has 2 aliphatic carbocycles. The van der Waals surface area contributed by atoms with Crippen LogP contribution in [-0.2, 0) is 4.79 Å². The van der Waals surface area contributed by atoms with Gasteiger partial charge in [-0.2, -0.15) is 0 Å². The minimum atomic E-state index is 0.0247. The smallest absolute Gasteiger partial charge is 0.239 e. The highest BCUT2D eigenvalue weighted by Gasteiger charge is 2.46. The van der Waals surface area contributed by atoms with E-state index in [1.807, 2.05) is 7.05 Å². The van der Waals surface area contributed by atoms with Gasteiger partial charge in [-0.3, -0.25) is 4.79 Å². The van der Waals surface area contributed by atoms with Gasteiger partial charge in [0.2, 0.25) is 5.91 Å². The topological polar surface area (TPSA) is 32.3 Å². The van der Waals surface area contributed by atoms with E-state index in [1.165, 1.54) is 25.7 Å². The molecule has 3 heteroatoms. The summed E-state index contributed by atoms with van der Waals surface area (Å²) < 4.78 is 0. The molecule has 0 aromatic heterocycles. The summed E-state index contributed by atoms with van der Waals surface area (Å²) in [5.74, 6) is 2.07. The van der Waals surface area contributed by atoms with E-state index >= 15 is 0 Å². The van der Waals surface area contributed by atoms with Crippen LogP contribution in [0.5, 0.6) is 0 Å². The van der Waals surface area contributed by atoms with E-state index in [4.69, 9.17) is 0 Å². The summed E-state index contributed by atoms with van der Waals surface area (Å²) in [7, 11) is 1.93. The summed E-state index contributed by atoms with van der Waals surface area (Å²) in [6.45, 7) is 5.57. The standard InChI is InChI=1S/C16H28N2O/c1-16(2)6-7-18(15(19)13(10-16)17-3)14-9-11-4-5-12(14)8-11/h11-14,17H,4-10H2,1-3H3. The van der Waals surface area contributed by atoms with Crippen LogP contribution in [0.15, 0.2) is 0 Å². The molecule has 4 atom stereocenters. The maximum atomic E-state index is 12.8. The van der Waals surface area contributed by atoms with Gasteiger partial charge in [0.25, 0.3) is 0 Å². The van der Waals surface area contributed by atoms with Gasteiger partial charge in [-0.25, -0.2) is 0 Å². The second kappa shape index (κ2) is 4.76. The van der Waals surface area contributed by atoms with E-state index in [-0.39, 0.29) is 11.5 Å². The first-order valence-corrected chi connectivity index (χ1v) is 7.98. The SMILES string of the molecule is CNC1CC(C)(C)CCN(C2CC3CCC2C3)C1=O. The summed E-state index contributed by atoms with van der Waals surface area (Å²) in [6.07, 6.45) is 7.52. The molecule has 4 unspecified atom stereocenters. The number of hydrogen-bond acceptors (Lipinski definition) is 2. The van der Waals surface area contributed by atoms with Crippen molar-refractivity contribution < 1.29 is 4.79 Å². The van der Waals surface area contributed by atoms with Crippen molar-refractivity contribution in [3.8, 4) is 0 Å². The first-order valence-electron chi connectivity index (χ1n) is 7.98. The van der Waals surface area contributed by atoms with Crippen LogP contribution in [0.3, 0.4) is 0 Å². The molecule has 0 aromatic rings. The Hall–Kier alpha value is -0.570. The van der Waals surface area contributed by atoms with Gasteiger partial charge < -0.3 is 10.2 Å². The fraction of sp³-hybridized carbons (Fsp3) is 0.938. The molecule has 2 bridgehead atoms. The molecule has 3 aliphatic rings. The molecule has 2 saturated carbocycles. The Kier molecular flexibility index (Phi) is 3.36. The summed E-state index contributed by atoms with van der Waals surface area (Å²) in [4.78, 5) is 15.0. The molecular formula is C16H28N2O. The molecular weight excluding hydrogens is 236 g/mol. The van der Waals surface area contributed by atoms with Crippen LogP contribution in [0.25, 0.3) is 0 Å². The lowest BCUT2D eigenvalue weighted by Crippen LogP contribution is -2.50. The van der Waals surface area contributed by atoms with E-state index in [2.05, 4.69) is 24.1 Å². The van der Waals surface area contributed by atoms with Crippen LogP contribution in [-0.4, -0.2) is 36.5 Å². The molecule has 3 nitrogen and oxygen atoms in total. The van der Waals surface area contributed by atoms with Crippen molar-refractivity contribution in [2.45, 2.75) is 64.5 Å². The van der Waals surface area contributed by atoms with Gasteiger partial charge in [-0.15, -0.1) is 0 Å². The highest BCUT2D eigenvalue weighted by atomic mass is 16.2. The number of hydrogen-bond donors (Lipinski definition) is 1. The second-order valence-corrected chi connectivity index (χ2v) is 7.73. The van der Waals surface area contributed by atoms with E-state index in [0.29, 0.717) is 11.9 Å². The first-order chi connectivity index (χ1) is 9.00. The number of likely N-dealkylation sites (N-methyl/N-ethyl adjacent to an activating group) is 1. The molecule has 1 aliphatic heterocycles. The van der Waals surface area contributed by atoms with Crippen molar-refractivity contribution in [1.82, 2.24) is 10.2 Å². The van der Waals surface area contributed by atoms with Crippen LogP contribution in [0.1, 0.15) is 52.4 Å². The lowest BCUT2D eigenvalue weighted by molar-refractivity contribution is -0.136. The molecule has 3 fully saturated rings. The maximum Gasteiger partial charge on any atom is 0.239 e. The average molecular weight is 264 g/mol. The van der Waals surface area contributed by atoms with Crippen LogP contribution >= 0.6 is 0 Å². The number of nitrogens with zero attached hydrogens (tertiary/aromatic N) is 1. The number of fused-ring (bicyclic) bond motifs is 2. The predicted molar refractivity (Wildman–Crippen MR) is 76.8 cm³/mol. The van der Waals surface area contributed by atoms with Gasteiger partial charge >= 0.3 is 0 Å². The van der Waals surface area contributed by atoms with Gasteiger partial charge in [0, 0.05) is 12.6 Å². The van der Waals surface area contributed by atoms with Gasteiger partial charge in [0.1, 0.15) is 0 Å². The Balaban J connectivity index is 1.78. The molecule has 0 spiro atoms. The van der Waals surface area contributed by atoms with Gasteiger partial charge in [0.05, 0.1) is 6.04 Å². The first kappa shape index (κ1) is 13.4. The van der Waals surface area contributed by atoms with Crippen molar-refractivity contribution in [3.05, 3.63) is 0 Å². The Morgan fingerprint density at radius 3 is 2.63 bits per heavy atom. The number of rotatable bonds is 2. The molecule has 19 heavy (non-hydrogen) atoms. The number of likely N-dealkylation sites (tertiary alicyclic amines) is 1.